The molecule has 0 bridgehead atoms. The molecule has 1 rings (SSSR count). The van der Waals surface area contributed by atoms with Gasteiger partial charge in [-0.15, -0.1) is 0 Å². The van der Waals surface area contributed by atoms with Gasteiger partial charge in [-0.1, -0.05) is 27.2 Å². The summed E-state index contributed by atoms with van der Waals surface area (Å²) in [4.78, 5) is 0. The number of rotatable bonds is 5. The summed E-state index contributed by atoms with van der Waals surface area (Å²) in [6.45, 7) is 6.62. The van der Waals surface area contributed by atoms with E-state index in [0.717, 1.165) is 31.5 Å². The molecule has 86 valence electrons. The highest BCUT2D eigenvalue weighted by atomic mass is 15.3. The molecule has 0 aliphatic carbocycles. The molecule has 0 fully saturated rings. The fraction of sp³-hybridized carbons (Fsp3) is 0.750. The van der Waals surface area contributed by atoms with Gasteiger partial charge in [0, 0.05) is 18.5 Å². The van der Waals surface area contributed by atoms with Crippen molar-refractivity contribution in [2.45, 2.75) is 52.4 Å². The van der Waals surface area contributed by atoms with Crippen molar-refractivity contribution >= 4 is 5.82 Å². The van der Waals surface area contributed by atoms with Crippen molar-refractivity contribution in [1.29, 1.82) is 0 Å². The smallest absolute Gasteiger partial charge is 0.124 e. The molecule has 0 unspecified atom stereocenters. The topological polar surface area (TPSA) is 43.8 Å². The van der Waals surface area contributed by atoms with Gasteiger partial charge >= 0.3 is 0 Å². The predicted molar refractivity (Wildman–Crippen MR) is 64.9 cm³/mol. The van der Waals surface area contributed by atoms with Crippen molar-refractivity contribution in [3.63, 3.8) is 0 Å². The summed E-state index contributed by atoms with van der Waals surface area (Å²) in [7, 11) is 1.93. The van der Waals surface area contributed by atoms with Crippen molar-refractivity contribution in [3.05, 3.63) is 11.3 Å². The highest BCUT2D eigenvalue weighted by Crippen LogP contribution is 2.29. The van der Waals surface area contributed by atoms with E-state index in [2.05, 4.69) is 25.9 Å². The van der Waals surface area contributed by atoms with Gasteiger partial charge < -0.3 is 5.73 Å². The van der Waals surface area contributed by atoms with Gasteiger partial charge in [-0.25, -0.2) is 0 Å². The van der Waals surface area contributed by atoms with Crippen LogP contribution in [0.1, 0.15) is 57.2 Å². The lowest BCUT2D eigenvalue weighted by atomic mass is 9.94. The Labute approximate surface area is 92.7 Å². The third-order valence-corrected chi connectivity index (χ3v) is 3.10. The van der Waals surface area contributed by atoms with E-state index in [1.807, 2.05) is 11.7 Å². The summed E-state index contributed by atoms with van der Waals surface area (Å²) < 4.78 is 1.82. The van der Waals surface area contributed by atoms with Crippen molar-refractivity contribution in [3.8, 4) is 0 Å². The first-order chi connectivity index (χ1) is 7.15. The summed E-state index contributed by atoms with van der Waals surface area (Å²) in [5, 5.41) is 4.56. The molecule has 0 aliphatic rings. The molecular weight excluding hydrogens is 186 g/mol. The minimum atomic E-state index is 0.565. The first-order valence-corrected chi connectivity index (χ1v) is 5.96. The van der Waals surface area contributed by atoms with Crippen LogP contribution in [0, 0.1) is 0 Å². The van der Waals surface area contributed by atoms with E-state index >= 15 is 0 Å². The molecule has 0 radical (unpaired) electrons. The summed E-state index contributed by atoms with van der Waals surface area (Å²) >= 11 is 0. The van der Waals surface area contributed by atoms with Crippen molar-refractivity contribution in [2.24, 2.45) is 7.05 Å². The standard InChI is InChI=1S/C12H23N3/c1-5-8-10-11(9(6-2)7-3)14-15(4)12(10)13/h9H,5-8,13H2,1-4H3. The van der Waals surface area contributed by atoms with Crippen LogP contribution in [0.5, 0.6) is 0 Å². The van der Waals surface area contributed by atoms with Gasteiger partial charge in [-0.2, -0.15) is 5.10 Å². The average Bonchev–Trinajstić information content (AvgIpc) is 2.49. The number of nitrogen functional groups attached to an aromatic ring is 1. The average molecular weight is 209 g/mol. The van der Waals surface area contributed by atoms with Crippen LogP contribution in [0.15, 0.2) is 0 Å². The van der Waals surface area contributed by atoms with Gasteiger partial charge in [-0.05, 0) is 19.3 Å². The maximum absolute atomic E-state index is 6.04. The molecule has 0 saturated heterocycles. The Morgan fingerprint density at radius 1 is 1.27 bits per heavy atom. The summed E-state index contributed by atoms with van der Waals surface area (Å²) in [6, 6.07) is 0. The van der Waals surface area contributed by atoms with E-state index in [9.17, 15) is 0 Å². The minimum Gasteiger partial charge on any atom is -0.384 e. The SMILES string of the molecule is CCCc1c(C(CC)CC)nn(C)c1N. The largest absolute Gasteiger partial charge is 0.384 e. The lowest BCUT2D eigenvalue weighted by Gasteiger charge is -2.11. The molecule has 1 heterocycles. The monoisotopic (exact) mass is 209 g/mol. The van der Waals surface area contributed by atoms with Gasteiger partial charge in [0.2, 0.25) is 0 Å². The van der Waals surface area contributed by atoms with Crippen molar-refractivity contribution in [1.82, 2.24) is 9.78 Å². The maximum Gasteiger partial charge on any atom is 0.124 e. The number of aromatic nitrogens is 2. The molecule has 15 heavy (non-hydrogen) atoms. The zero-order valence-corrected chi connectivity index (χ0v) is 10.4. The number of hydrogen-bond acceptors (Lipinski definition) is 2. The van der Waals surface area contributed by atoms with Crippen LogP contribution in [0.25, 0.3) is 0 Å². The van der Waals surface area contributed by atoms with Gasteiger partial charge in [-0.3, -0.25) is 4.68 Å². The molecule has 3 nitrogen and oxygen atoms in total. The van der Waals surface area contributed by atoms with Crippen LogP contribution in [0.2, 0.25) is 0 Å². The number of aryl methyl sites for hydroxylation is 1. The minimum absolute atomic E-state index is 0.565. The number of hydrogen-bond donors (Lipinski definition) is 1. The number of nitrogens with two attached hydrogens (primary N) is 1. The van der Waals surface area contributed by atoms with Crippen molar-refractivity contribution < 1.29 is 0 Å². The van der Waals surface area contributed by atoms with E-state index in [-0.39, 0.29) is 0 Å². The Morgan fingerprint density at radius 2 is 1.87 bits per heavy atom. The Hall–Kier alpha value is -0.990. The van der Waals surface area contributed by atoms with E-state index in [1.165, 1.54) is 11.3 Å². The Bertz CT molecular complexity index is 311. The normalized spacial score (nSPS) is 11.3. The van der Waals surface area contributed by atoms with E-state index in [0.29, 0.717) is 5.92 Å². The molecule has 0 aromatic carbocycles. The molecule has 1 aromatic rings. The highest BCUT2D eigenvalue weighted by molar-refractivity contribution is 5.44. The Kier molecular flexibility index (Phi) is 4.18. The van der Waals surface area contributed by atoms with Crippen LogP contribution >= 0.6 is 0 Å². The maximum atomic E-state index is 6.04. The zero-order chi connectivity index (χ0) is 11.4. The molecule has 2 N–H and O–H groups in total. The molecular formula is C12H23N3. The van der Waals surface area contributed by atoms with Gasteiger partial charge in [0.15, 0.2) is 0 Å². The van der Waals surface area contributed by atoms with Gasteiger partial charge in [0.05, 0.1) is 5.69 Å². The van der Waals surface area contributed by atoms with Crippen molar-refractivity contribution in [2.75, 3.05) is 5.73 Å². The first kappa shape index (κ1) is 12.1. The number of anilines is 1. The molecule has 0 aliphatic heterocycles. The molecule has 0 spiro atoms. The van der Waals surface area contributed by atoms with Gasteiger partial charge in [0.25, 0.3) is 0 Å². The quantitative estimate of drug-likeness (QED) is 0.810. The fourth-order valence-electron chi connectivity index (χ4n) is 2.11. The van der Waals surface area contributed by atoms with Crippen LogP contribution in [0.4, 0.5) is 5.82 Å². The van der Waals surface area contributed by atoms with Crippen LogP contribution in [-0.2, 0) is 13.5 Å². The number of nitrogens with zero attached hydrogens (tertiary/aromatic N) is 2. The molecule has 0 amide bonds. The summed E-state index contributed by atoms with van der Waals surface area (Å²) in [5.74, 6) is 1.41. The molecule has 1 aromatic heterocycles. The Balaban J connectivity index is 3.09. The van der Waals surface area contributed by atoms with E-state index < -0.39 is 0 Å². The third-order valence-electron chi connectivity index (χ3n) is 3.10. The Morgan fingerprint density at radius 3 is 2.33 bits per heavy atom. The zero-order valence-electron chi connectivity index (χ0n) is 10.4. The van der Waals surface area contributed by atoms with Crippen LogP contribution < -0.4 is 5.73 Å². The molecule has 0 atom stereocenters. The molecule has 0 saturated carbocycles. The molecule has 3 heteroatoms. The second kappa shape index (κ2) is 5.19. The third kappa shape index (κ3) is 2.33. The van der Waals surface area contributed by atoms with Crippen LogP contribution in [-0.4, -0.2) is 9.78 Å². The highest BCUT2D eigenvalue weighted by Gasteiger charge is 2.18. The fourth-order valence-corrected chi connectivity index (χ4v) is 2.11. The van der Waals surface area contributed by atoms with Crippen LogP contribution in [0.3, 0.4) is 0 Å². The summed E-state index contributed by atoms with van der Waals surface area (Å²) in [5.41, 5.74) is 8.53. The van der Waals surface area contributed by atoms with E-state index in [1.54, 1.807) is 0 Å². The van der Waals surface area contributed by atoms with E-state index in [4.69, 9.17) is 5.73 Å². The lowest BCUT2D eigenvalue weighted by molar-refractivity contribution is 0.599. The second-order valence-corrected chi connectivity index (χ2v) is 4.14. The second-order valence-electron chi connectivity index (χ2n) is 4.14. The lowest BCUT2D eigenvalue weighted by Crippen LogP contribution is -2.01. The first-order valence-electron chi connectivity index (χ1n) is 5.96. The predicted octanol–water partition coefficient (Wildman–Crippen LogP) is 2.86. The summed E-state index contributed by atoms with van der Waals surface area (Å²) in [6.07, 6.45) is 4.46. The van der Waals surface area contributed by atoms with Gasteiger partial charge in [0.1, 0.15) is 5.82 Å².